The molecule has 1 aromatic heterocycles. The van der Waals surface area contributed by atoms with E-state index in [-0.39, 0.29) is 4.90 Å². The molecule has 2 aromatic rings. The highest BCUT2D eigenvalue weighted by molar-refractivity contribution is 7.89. The molecule has 114 valence electrons. The topological polar surface area (TPSA) is 92.1 Å². The zero-order chi connectivity index (χ0) is 15.5. The van der Waals surface area contributed by atoms with Crippen molar-refractivity contribution in [2.24, 2.45) is 5.73 Å². The van der Waals surface area contributed by atoms with Crippen molar-refractivity contribution in [3.8, 4) is 0 Å². The fourth-order valence-electron chi connectivity index (χ4n) is 2.21. The summed E-state index contributed by atoms with van der Waals surface area (Å²) < 4.78 is 26.8. The largest absolute Gasteiger partial charge is 0.326 e. The molecule has 0 fully saturated rings. The van der Waals surface area contributed by atoms with Gasteiger partial charge in [-0.15, -0.1) is 0 Å². The van der Waals surface area contributed by atoms with Crippen molar-refractivity contribution in [1.29, 1.82) is 0 Å². The van der Waals surface area contributed by atoms with Gasteiger partial charge in [0.1, 0.15) is 4.90 Å². The minimum atomic E-state index is -3.56. The van der Waals surface area contributed by atoms with Crippen molar-refractivity contribution in [2.45, 2.75) is 31.8 Å². The number of rotatable bonds is 6. The molecule has 0 aliphatic carbocycles. The molecule has 3 N–H and O–H groups in total. The predicted octanol–water partition coefficient (Wildman–Crippen LogP) is 1.39. The Morgan fingerprint density at radius 3 is 2.48 bits per heavy atom. The Balaban J connectivity index is 2.34. The molecule has 0 radical (unpaired) electrons. The van der Waals surface area contributed by atoms with Gasteiger partial charge in [-0.05, 0) is 18.1 Å². The average Bonchev–Trinajstić information content (AvgIpc) is 2.91. The van der Waals surface area contributed by atoms with Gasteiger partial charge in [-0.25, -0.2) is 8.42 Å². The van der Waals surface area contributed by atoms with Gasteiger partial charge in [0.25, 0.3) is 0 Å². The third-order valence-corrected chi connectivity index (χ3v) is 5.47. The van der Waals surface area contributed by atoms with E-state index in [1.807, 2.05) is 31.2 Å². The summed E-state index contributed by atoms with van der Waals surface area (Å²) in [5, 5.41) is 6.46. The van der Waals surface area contributed by atoms with Gasteiger partial charge in [0.05, 0.1) is 11.9 Å². The first-order valence-corrected chi connectivity index (χ1v) is 8.21. The van der Waals surface area contributed by atoms with Crippen molar-refractivity contribution in [2.75, 3.05) is 6.54 Å². The highest BCUT2D eigenvalue weighted by Crippen LogP contribution is 2.21. The van der Waals surface area contributed by atoms with Crippen LogP contribution in [-0.2, 0) is 23.1 Å². The van der Waals surface area contributed by atoms with Crippen LogP contribution in [0.1, 0.15) is 23.7 Å². The zero-order valence-electron chi connectivity index (χ0n) is 12.2. The van der Waals surface area contributed by atoms with E-state index in [0.717, 1.165) is 11.1 Å². The van der Waals surface area contributed by atoms with E-state index in [0.29, 0.717) is 25.3 Å². The molecular formula is C14H20N4O2S. The molecule has 0 spiro atoms. The maximum absolute atomic E-state index is 12.7. The first-order chi connectivity index (χ1) is 10.0. The molecule has 6 nitrogen and oxygen atoms in total. The van der Waals surface area contributed by atoms with Crippen LogP contribution in [0.15, 0.2) is 35.4 Å². The molecule has 0 saturated heterocycles. The van der Waals surface area contributed by atoms with E-state index in [1.54, 1.807) is 6.92 Å². The SMILES string of the molecule is CCN(Cc1ccccc1CN)S(=O)(=O)c1cn[nH]c1C. The lowest BCUT2D eigenvalue weighted by Gasteiger charge is -2.21. The third-order valence-electron chi connectivity index (χ3n) is 3.44. The molecule has 1 aromatic carbocycles. The van der Waals surface area contributed by atoms with Crippen LogP contribution in [-0.4, -0.2) is 29.5 Å². The average molecular weight is 308 g/mol. The first kappa shape index (κ1) is 15.7. The van der Waals surface area contributed by atoms with Gasteiger partial charge in [-0.1, -0.05) is 31.2 Å². The Bertz CT molecular complexity index is 709. The maximum Gasteiger partial charge on any atom is 0.246 e. The molecule has 1 heterocycles. The Kier molecular flexibility index (Phi) is 4.76. The summed E-state index contributed by atoms with van der Waals surface area (Å²) in [5.74, 6) is 0. The lowest BCUT2D eigenvalue weighted by Crippen LogP contribution is -2.31. The second-order valence-electron chi connectivity index (χ2n) is 4.76. The number of hydrogen-bond acceptors (Lipinski definition) is 4. The molecular weight excluding hydrogens is 288 g/mol. The number of nitrogens with one attached hydrogen (secondary N) is 1. The second-order valence-corrected chi connectivity index (χ2v) is 6.67. The second kappa shape index (κ2) is 6.38. The number of aromatic nitrogens is 2. The molecule has 0 amide bonds. The summed E-state index contributed by atoms with van der Waals surface area (Å²) in [6.45, 7) is 4.58. The molecule has 0 saturated carbocycles. The fourth-order valence-corrected chi connectivity index (χ4v) is 3.75. The molecule has 21 heavy (non-hydrogen) atoms. The number of hydrogen-bond donors (Lipinski definition) is 2. The van der Waals surface area contributed by atoms with E-state index in [9.17, 15) is 8.42 Å². The minimum absolute atomic E-state index is 0.217. The highest BCUT2D eigenvalue weighted by Gasteiger charge is 2.26. The summed E-state index contributed by atoms with van der Waals surface area (Å²) in [4.78, 5) is 0.217. The van der Waals surface area contributed by atoms with Gasteiger partial charge < -0.3 is 5.73 Å². The van der Waals surface area contributed by atoms with E-state index in [4.69, 9.17) is 5.73 Å². The minimum Gasteiger partial charge on any atom is -0.326 e. The summed E-state index contributed by atoms with van der Waals surface area (Å²) in [6, 6.07) is 7.61. The van der Waals surface area contributed by atoms with Crippen LogP contribution in [0.4, 0.5) is 0 Å². The zero-order valence-corrected chi connectivity index (χ0v) is 13.0. The van der Waals surface area contributed by atoms with Crippen molar-refractivity contribution in [1.82, 2.24) is 14.5 Å². The van der Waals surface area contributed by atoms with Crippen LogP contribution in [0.3, 0.4) is 0 Å². The van der Waals surface area contributed by atoms with Gasteiger partial charge in [0.2, 0.25) is 10.0 Å². The number of nitrogens with zero attached hydrogens (tertiary/aromatic N) is 2. The maximum atomic E-state index is 12.7. The Hall–Kier alpha value is -1.70. The summed E-state index contributed by atoms with van der Waals surface area (Å²) in [5.41, 5.74) is 8.13. The molecule has 0 aliphatic rings. The quantitative estimate of drug-likeness (QED) is 0.843. The van der Waals surface area contributed by atoms with Crippen molar-refractivity contribution < 1.29 is 8.42 Å². The summed E-state index contributed by atoms with van der Waals surface area (Å²) >= 11 is 0. The smallest absolute Gasteiger partial charge is 0.246 e. The van der Waals surface area contributed by atoms with Crippen LogP contribution in [0.5, 0.6) is 0 Å². The molecule has 0 unspecified atom stereocenters. The van der Waals surface area contributed by atoms with Crippen molar-refractivity contribution >= 4 is 10.0 Å². The Morgan fingerprint density at radius 2 is 1.95 bits per heavy atom. The van der Waals surface area contributed by atoms with Gasteiger partial charge in [0, 0.05) is 19.6 Å². The normalized spacial score (nSPS) is 12.0. The number of H-pyrrole nitrogens is 1. The fraction of sp³-hybridized carbons (Fsp3) is 0.357. The highest BCUT2D eigenvalue weighted by atomic mass is 32.2. The molecule has 2 rings (SSSR count). The van der Waals surface area contributed by atoms with Crippen molar-refractivity contribution in [3.05, 3.63) is 47.3 Å². The Labute approximate surface area is 125 Å². The standard InChI is InChI=1S/C14H20N4O2S/c1-3-18(10-13-7-5-4-6-12(13)8-15)21(19,20)14-9-16-17-11(14)2/h4-7,9H,3,8,10,15H2,1-2H3,(H,16,17). The third kappa shape index (κ3) is 3.15. The molecule has 7 heteroatoms. The number of aryl methyl sites for hydroxylation is 1. The van der Waals surface area contributed by atoms with E-state index < -0.39 is 10.0 Å². The molecule has 0 atom stereocenters. The monoisotopic (exact) mass is 308 g/mol. The van der Waals surface area contributed by atoms with E-state index in [1.165, 1.54) is 10.5 Å². The lowest BCUT2D eigenvalue weighted by molar-refractivity contribution is 0.422. The van der Waals surface area contributed by atoms with Crippen LogP contribution in [0, 0.1) is 6.92 Å². The van der Waals surface area contributed by atoms with E-state index in [2.05, 4.69) is 10.2 Å². The lowest BCUT2D eigenvalue weighted by atomic mass is 10.1. The van der Waals surface area contributed by atoms with Gasteiger partial charge in [-0.2, -0.15) is 9.40 Å². The van der Waals surface area contributed by atoms with Gasteiger partial charge in [0.15, 0.2) is 0 Å². The number of sulfonamides is 1. The molecule has 0 bridgehead atoms. The number of aromatic amines is 1. The van der Waals surface area contributed by atoms with E-state index >= 15 is 0 Å². The molecule has 0 aliphatic heterocycles. The van der Waals surface area contributed by atoms with Gasteiger partial charge >= 0.3 is 0 Å². The number of nitrogens with two attached hydrogens (primary N) is 1. The predicted molar refractivity (Wildman–Crippen MR) is 80.9 cm³/mol. The first-order valence-electron chi connectivity index (χ1n) is 6.77. The van der Waals surface area contributed by atoms with Crippen LogP contribution < -0.4 is 5.73 Å². The summed E-state index contributed by atoms with van der Waals surface area (Å²) in [7, 11) is -3.56. The van der Waals surface area contributed by atoms with Crippen LogP contribution in [0.25, 0.3) is 0 Å². The van der Waals surface area contributed by atoms with Crippen LogP contribution >= 0.6 is 0 Å². The van der Waals surface area contributed by atoms with Crippen LogP contribution in [0.2, 0.25) is 0 Å². The van der Waals surface area contributed by atoms with Crippen molar-refractivity contribution in [3.63, 3.8) is 0 Å². The Morgan fingerprint density at radius 1 is 1.29 bits per heavy atom. The van der Waals surface area contributed by atoms with Gasteiger partial charge in [-0.3, -0.25) is 5.10 Å². The summed E-state index contributed by atoms with van der Waals surface area (Å²) in [6.07, 6.45) is 1.35. The number of benzene rings is 1.